The van der Waals surface area contributed by atoms with Gasteiger partial charge < -0.3 is 5.32 Å². The molecule has 2 unspecified atom stereocenters. The molecule has 1 aromatic heterocycles. The molecular weight excluding hydrogens is 240 g/mol. The lowest BCUT2D eigenvalue weighted by molar-refractivity contribution is 0.580. The zero-order valence-electron chi connectivity index (χ0n) is 9.90. The lowest BCUT2D eigenvalue weighted by Gasteiger charge is -2.11. The molecule has 1 heterocycles. The number of hydrogen-bond acceptors (Lipinski definition) is 5. The molecule has 2 N–H and O–H groups in total. The van der Waals surface area contributed by atoms with Crippen LogP contribution < -0.4 is 16.4 Å². The third-order valence-corrected chi connectivity index (χ3v) is 4.35. The molecule has 2 rings (SSSR count). The van der Waals surface area contributed by atoms with Crippen LogP contribution in [0.4, 0.5) is 0 Å². The van der Waals surface area contributed by atoms with Crippen molar-refractivity contribution in [1.29, 1.82) is 0 Å². The van der Waals surface area contributed by atoms with Gasteiger partial charge in [0.1, 0.15) is 0 Å². The van der Waals surface area contributed by atoms with Crippen LogP contribution in [0.5, 0.6) is 0 Å². The maximum Gasteiger partial charge on any atom is 0.339 e. The predicted octanol–water partition coefficient (Wildman–Crippen LogP) is -0.299. The smallest absolute Gasteiger partial charge is 0.317 e. The van der Waals surface area contributed by atoms with E-state index in [2.05, 4.69) is 15.4 Å². The average Bonchev–Trinajstić information content (AvgIpc) is 2.73. The van der Waals surface area contributed by atoms with Gasteiger partial charge in [-0.1, -0.05) is 11.8 Å². The maximum atomic E-state index is 11.2. The van der Waals surface area contributed by atoms with Gasteiger partial charge in [-0.05, 0) is 26.3 Å². The van der Waals surface area contributed by atoms with E-state index >= 15 is 0 Å². The van der Waals surface area contributed by atoms with Crippen LogP contribution in [0.3, 0.4) is 0 Å². The summed E-state index contributed by atoms with van der Waals surface area (Å²) in [6.45, 7) is 0. The second kappa shape index (κ2) is 5.05. The van der Waals surface area contributed by atoms with Gasteiger partial charge in [-0.25, -0.2) is 0 Å². The van der Waals surface area contributed by atoms with Crippen LogP contribution in [-0.4, -0.2) is 33.1 Å². The van der Waals surface area contributed by atoms with E-state index < -0.39 is 11.1 Å². The monoisotopic (exact) mass is 256 g/mol. The molecule has 0 amide bonds. The highest BCUT2D eigenvalue weighted by atomic mass is 32.2. The zero-order chi connectivity index (χ0) is 12.4. The third kappa shape index (κ3) is 2.78. The molecule has 1 saturated carbocycles. The Kier molecular flexibility index (Phi) is 3.68. The van der Waals surface area contributed by atoms with E-state index in [0.29, 0.717) is 16.4 Å². The van der Waals surface area contributed by atoms with Gasteiger partial charge in [-0.3, -0.25) is 19.4 Å². The van der Waals surface area contributed by atoms with E-state index in [9.17, 15) is 9.59 Å². The molecule has 0 aromatic carbocycles. The highest BCUT2D eigenvalue weighted by Crippen LogP contribution is 2.32. The first-order chi connectivity index (χ1) is 8.10. The highest BCUT2D eigenvalue weighted by molar-refractivity contribution is 7.99. The van der Waals surface area contributed by atoms with Gasteiger partial charge in [0.15, 0.2) is 5.16 Å². The molecule has 7 heteroatoms. The Morgan fingerprint density at radius 1 is 1.47 bits per heavy atom. The molecule has 17 heavy (non-hydrogen) atoms. The Labute approximate surface area is 103 Å². The van der Waals surface area contributed by atoms with Gasteiger partial charge in [-0.15, -0.1) is 0 Å². The lowest BCUT2D eigenvalue weighted by Crippen LogP contribution is -2.34. The molecule has 6 nitrogen and oxygen atoms in total. The number of nitrogens with one attached hydrogen (secondary N) is 2. The lowest BCUT2D eigenvalue weighted by atomic mass is 10.3. The fraction of sp³-hybridized carbons (Fsp3) is 0.700. The number of aromatic amines is 1. The summed E-state index contributed by atoms with van der Waals surface area (Å²) in [5.41, 5.74) is -1.38. The molecular formula is C10H16N4O2S. The summed E-state index contributed by atoms with van der Waals surface area (Å²) in [6, 6.07) is 0.548. The Bertz CT molecular complexity index is 510. The second-order valence-electron chi connectivity index (χ2n) is 4.24. The first-order valence-corrected chi connectivity index (χ1v) is 6.49. The number of rotatable bonds is 3. The van der Waals surface area contributed by atoms with E-state index in [1.165, 1.54) is 4.68 Å². The van der Waals surface area contributed by atoms with Gasteiger partial charge in [-0.2, -0.15) is 4.98 Å². The maximum absolute atomic E-state index is 11.2. The Morgan fingerprint density at radius 2 is 2.24 bits per heavy atom. The van der Waals surface area contributed by atoms with Crippen molar-refractivity contribution >= 4 is 11.8 Å². The molecule has 1 aromatic rings. The van der Waals surface area contributed by atoms with E-state index in [1.54, 1.807) is 18.8 Å². The van der Waals surface area contributed by atoms with Crippen LogP contribution in [0, 0.1) is 0 Å². The van der Waals surface area contributed by atoms with Crippen molar-refractivity contribution in [2.24, 2.45) is 7.05 Å². The van der Waals surface area contributed by atoms with Gasteiger partial charge in [0, 0.05) is 18.3 Å². The van der Waals surface area contributed by atoms with Gasteiger partial charge in [0.05, 0.1) is 0 Å². The summed E-state index contributed by atoms with van der Waals surface area (Å²) in [5.74, 6) is 0. The van der Waals surface area contributed by atoms with E-state index in [0.717, 1.165) is 19.3 Å². The van der Waals surface area contributed by atoms with E-state index in [-0.39, 0.29) is 0 Å². The van der Waals surface area contributed by atoms with Crippen LogP contribution in [0.15, 0.2) is 14.7 Å². The summed E-state index contributed by atoms with van der Waals surface area (Å²) >= 11 is 1.56. The predicted molar refractivity (Wildman–Crippen MR) is 66.4 cm³/mol. The Hall–Kier alpha value is -1.08. The average molecular weight is 256 g/mol. The zero-order valence-corrected chi connectivity index (χ0v) is 10.7. The van der Waals surface area contributed by atoms with Gasteiger partial charge in [0.25, 0.3) is 0 Å². The molecule has 0 saturated heterocycles. The Balaban J connectivity index is 2.12. The number of aryl methyl sites for hydroxylation is 1. The highest BCUT2D eigenvalue weighted by Gasteiger charge is 2.25. The molecule has 0 aliphatic heterocycles. The summed E-state index contributed by atoms with van der Waals surface area (Å²) in [4.78, 5) is 26.0. The third-order valence-electron chi connectivity index (χ3n) is 3.01. The van der Waals surface area contributed by atoms with Gasteiger partial charge >= 0.3 is 11.1 Å². The first-order valence-electron chi connectivity index (χ1n) is 5.61. The fourth-order valence-corrected chi connectivity index (χ4v) is 3.24. The number of nitrogens with zero attached hydrogens (tertiary/aromatic N) is 2. The minimum absolute atomic E-state index is 0.455. The standard InChI is InChI=1S/C10H16N4O2S/c1-11-6-3-4-7(5-6)17-10-12-8(15)9(16)13-14(10)2/h6-7,11H,3-5H2,1-2H3,(H,13,16). The quantitative estimate of drug-likeness (QED) is 0.726. The number of hydrogen-bond donors (Lipinski definition) is 2. The van der Waals surface area contributed by atoms with Crippen molar-refractivity contribution in [1.82, 2.24) is 20.1 Å². The number of H-pyrrole nitrogens is 1. The van der Waals surface area contributed by atoms with Crippen molar-refractivity contribution in [2.45, 2.75) is 35.7 Å². The molecule has 94 valence electrons. The first kappa shape index (κ1) is 12.4. The van der Waals surface area contributed by atoms with Crippen LogP contribution in [0.1, 0.15) is 19.3 Å². The normalized spacial score (nSPS) is 24.1. The van der Waals surface area contributed by atoms with Crippen LogP contribution in [0.25, 0.3) is 0 Å². The van der Waals surface area contributed by atoms with Crippen molar-refractivity contribution in [3.05, 3.63) is 20.7 Å². The van der Waals surface area contributed by atoms with Crippen LogP contribution in [0.2, 0.25) is 0 Å². The molecule has 2 atom stereocenters. The minimum Gasteiger partial charge on any atom is -0.317 e. The molecule has 0 bridgehead atoms. The summed E-state index contributed by atoms with van der Waals surface area (Å²) in [6.07, 6.45) is 3.31. The van der Waals surface area contributed by atoms with E-state index in [1.807, 2.05) is 7.05 Å². The molecule has 0 spiro atoms. The van der Waals surface area contributed by atoms with Crippen LogP contribution >= 0.6 is 11.8 Å². The topological polar surface area (TPSA) is 79.8 Å². The van der Waals surface area contributed by atoms with Crippen LogP contribution in [-0.2, 0) is 7.05 Å². The summed E-state index contributed by atoms with van der Waals surface area (Å²) in [5, 5.41) is 6.75. The van der Waals surface area contributed by atoms with Crippen molar-refractivity contribution in [3.63, 3.8) is 0 Å². The summed E-state index contributed by atoms with van der Waals surface area (Å²) in [7, 11) is 3.66. The minimum atomic E-state index is -0.714. The van der Waals surface area contributed by atoms with Crippen molar-refractivity contribution in [3.8, 4) is 0 Å². The van der Waals surface area contributed by atoms with Crippen molar-refractivity contribution < 1.29 is 0 Å². The molecule has 0 radical (unpaired) electrons. The largest absolute Gasteiger partial charge is 0.339 e. The molecule has 1 aliphatic carbocycles. The number of thioether (sulfide) groups is 1. The van der Waals surface area contributed by atoms with E-state index in [4.69, 9.17) is 0 Å². The fourth-order valence-electron chi connectivity index (χ4n) is 2.02. The summed E-state index contributed by atoms with van der Waals surface area (Å²) < 4.78 is 1.51. The van der Waals surface area contributed by atoms with Crippen molar-refractivity contribution in [2.75, 3.05) is 7.05 Å². The Morgan fingerprint density at radius 3 is 2.88 bits per heavy atom. The molecule has 1 aliphatic rings. The SMILES string of the molecule is CNC1CCC(Sc2nc(=O)c(=O)[nH]n2C)C1. The number of aromatic nitrogens is 3. The second-order valence-corrected chi connectivity index (χ2v) is 5.51. The molecule has 1 fully saturated rings. The van der Waals surface area contributed by atoms with Gasteiger partial charge in [0.2, 0.25) is 0 Å².